The molecule has 65 heavy (non-hydrogen) atoms. The van der Waals surface area contributed by atoms with Crippen LogP contribution in [0.25, 0.3) is 11.1 Å². The number of likely N-dealkylation sites (N-methyl/N-ethyl adjacent to an activating group) is 1. The summed E-state index contributed by atoms with van der Waals surface area (Å²) < 4.78 is 12.3. The lowest BCUT2D eigenvalue weighted by Crippen LogP contribution is -2.46. The van der Waals surface area contributed by atoms with Gasteiger partial charge in [-0.15, -0.1) is 0 Å². The number of ketones is 3. The molecule has 13 nitrogen and oxygen atoms in total. The number of hydrogen-bond acceptors (Lipinski definition) is 11. The van der Waals surface area contributed by atoms with Crippen LogP contribution in [-0.2, 0) is 38.4 Å². The highest BCUT2D eigenvalue weighted by molar-refractivity contribution is 6.01. The van der Waals surface area contributed by atoms with E-state index in [1.807, 2.05) is 31.2 Å². The molecule has 0 radical (unpaired) electrons. The number of carbonyl (C=O) groups excluding carboxylic acids is 5. The van der Waals surface area contributed by atoms with Crippen LogP contribution < -0.4 is 26.3 Å². The van der Waals surface area contributed by atoms with Crippen LogP contribution >= 0.6 is 0 Å². The number of benzene rings is 3. The lowest BCUT2D eigenvalue weighted by molar-refractivity contribution is -0.142. The van der Waals surface area contributed by atoms with Crippen LogP contribution in [0.15, 0.2) is 79.1 Å². The third-order valence-electron chi connectivity index (χ3n) is 12.0. The van der Waals surface area contributed by atoms with E-state index in [-0.39, 0.29) is 76.4 Å². The molecule has 344 valence electrons. The van der Waals surface area contributed by atoms with Gasteiger partial charge in [-0.05, 0) is 96.8 Å². The summed E-state index contributed by atoms with van der Waals surface area (Å²) in [7, 11) is 1.56. The maximum absolute atomic E-state index is 15.1. The van der Waals surface area contributed by atoms with Gasteiger partial charge in [-0.3, -0.25) is 29.0 Å². The second-order valence-corrected chi connectivity index (χ2v) is 17.0. The topological polar surface area (TPSA) is 208 Å². The number of nitriles is 1. The summed E-state index contributed by atoms with van der Waals surface area (Å²) in [4.78, 5) is 77.2. The number of nitrogens with zero attached hydrogens (tertiary/aromatic N) is 3. The van der Waals surface area contributed by atoms with Crippen LogP contribution in [0.4, 0.5) is 0 Å². The van der Waals surface area contributed by atoms with Gasteiger partial charge in [0.1, 0.15) is 30.8 Å². The molecule has 2 heterocycles. The number of carbonyl (C=O) groups is 5. The highest BCUT2D eigenvalue weighted by Gasteiger charge is 2.36. The van der Waals surface area contributed by atoms with Gasteiger partial charge in [0.2, 0.25) is 11.8 Å². The standard InChI is InChI=1S/C52H64N6O7/c1-5-6-7-8-10-36-12-15-41(34(2)27-36)46(60)33-40(29-37-18-23-56-24-19-37)52(63)58(4)50-39-14-17-49(65-26-22-55)43(32-39)42-30-38(13-16-48(42)64-25-21-54)31-44(45(59)11-9-20-53)57-51(62)35(3)28-47(50)61/h12-19,23-24,27,30,32,35,40,44,50H,5-11,21-22,25-26,28-29,31,33,54-55H2,1-4H3,(H,57,62)/t35-,40-,44+,50+/m1/s1. The SMILES string of the molecule is CCCCCCc1ccc(C(=O)C[C@@H](Cc2ccncc2)C(=O)N(C)[C@@H]2C(=O)C[C@@H](C)C(=O)N[C@H](C(=O)CCC#N)Cc3ccc(OCCN)c(c3)-c3cc2ccc3OCCN)c(C)c1. The molecule has 13 heteroatoms. The van der Waals surface area contributed by atoms with E-state index in [2.05, 4.69) is 23.3 Å². The quantitative estimate of drug-likeness (QED) is 0.0574. The highest BCUT2D eigenvalue weighted by atomic mass is 16.5. The minimum Gasteiger partial charge on any atom is -0.492 e. The van der Waals surface area contributed by atoms with E-state index in [4.69, 9.17) is 20.9 Å². The number of hydrogen-bond donors (Lipinski definition) is 3. The summed E-state index contributed by atoms with van der Waals surface area (Å²) in [5.41, 5.74) is 17.3. The molecular weight excluding hydrogens is 821 g/mol. The number of aromatic nitrogens is 1. The molecule has 4 bridgehead atoms. The van der Waals surface area contributed by atoms with E-state index in [9.17, 15) is 24.4 Å². The number of amides is 2. The minimum atomic E-state index is -1.21. The molecule has 0 saturated carbocycles. The van der Waals surface area contributed by atoms with E-state index < -0.39 is 41.5 Å². The van der Waals surface area contributed by atoms with Crippen molar-refractivity contribution in [1.29, 1.82) is 5.26 Å². The fourth-order valence-electron chi connectivity index (χ4n) is 8.46. The maximum atomic E-state index is 15.1. The van der Waals surface area contributed by atoms with Gasteiger partial charge in [-0.25, -0.2) is 0 Å². The van der Waals surface area contributed by atoms with Crippen LogP contribution in [0.2, 0.25) is 0 Å². The third kappa shape index (κ3) is 13.6. The van der Waals surface area contributed by atoms with Crippen LogP contribution in [-0.4, -0.2) is 78.4 Å². The lowest BCUT2D eigenvalue weighted by Gasteiger charge is -2.32. The number of fused-ring (bicyclic) bond motifs is 5. The first-order chi connectivity index (χ1) is 31.4. The highest BCUT2D eigenvalue weighted by Crippen LogP contribution is 2.41. The number of unbranched alkanes of at least 4 members (excludes halogenated alkanes) is 3. The number of aryl methyl sites for hydroxylation is 2. The Morgan fingerprint density at radius 2 is 1.58 bits per heavy atom. The molecule has 5 N–H and O–H groups in total. The Bertz CT molecular complexity index is 2330. The Morgan fingerprint density at radius 1 is 0.892 bits per heavy atom. The molecule has 1 aliphatic heterocycles. The van der Waals surface area contributed by atoms with Gasteiger partial charge in [-0.2, -0.15) is 5.26 Å². The van der Waals surface area contributed by atoms with Gasteiger partial charge in [0.15, 0.2) is 17.3 Å². The molecule has 4 atom stereocenters. The number of nitrogens with two attached hydrogens (primary N) is 2. The second kappa shape index (κ2) is 24.7. The van der Waals surface area contributed by atoms with Crippen molar-refractivity contribution >= 4 is 29.2 Å². The van der Waals surface area contributed by atoms with Crippen molar-refractivity contribution < 1.29 is 33.4 Å². The van der Waals surface area contributed by atoms with Gasteiger partial charge in [0.05, 0.1) is 12.1 Å². The Hall–Kier alpha value is -6.23. The predicted molar refractivity (Wildman–Crippen MR) is 250 cm³/mol. The van der Waals surface area contributed by atoms with Crippen molar-refractivity contribution in [3.63, 3.8) is 0 Å². The summed E-state index contributed by atoms with van der Waals surface area (Å²) in [6.07, 6.45) is 8.59. The zero-order valence-corrected chi connectivity index (χ0v) is 38.3. The van der Waals surface area contributed by atoms with Crippen molar-refractivity contribution in [2.75, 3.05) is 33.4 Å². The number of rotatable bonds is 21. The summed E-state index contributed by atoms with van der Waals surface area (Å²) in [6, 6.07) is 20.0. The zero-order valence-electron chi connectivity index (χ0n) is 38.3. The minimum absolute atomic E-state index is 0.0220. The molecule has 0 aliphatic carbocycles. The van der Waals surface area contributed by atoms with Crippen LogP contribution in [0.1, 0.15) is 109 Å². The van der Waals surface area contributed by atoms with Gasteiger partial charge in [0, 0.05) is 86.7 Å². The first-order valence-electron chi connectivity index (χ1n) is 22.8. The Morgan fingerprint density at radius 3 is 2.25 bits per heavy atom. The number of ether oxygens (including phenoxy) is 2. The molecule has 2 amide bonds. The van der Waals surface area contributed by atoms with Crippen molar-refractivity contribution in [1.82, 2.24) is 15.2 Å². The fraction of sp³-hybridized carbons (Fsp3) is 0.442. The molecular formula is C52H64N6O7. The maximum Gasteiger partial charge on any atom is 0.227 e. The first kappa shape index (κ1) is 49.8. The van der Waals surface area contributed by atoms with E-state index in [0.717, 1.165) is 36.8 Å². The Balaban J connectivity index is 1.61. The van der Waals surface area contributed by atoms with E-state index in [1.54, 1.807) is 68.8 Å². The number of Topliss-reactive ketones (excluding diaryl/α,β-unsaturated/α-hetero) is 3. The molecule has 1 aromatic heterocycles. The largest absolute Gasteiger partial charge is 0.492 e. The van der Waals surface area contributed by atoms with E-state index in [0.29, 0.717) is 39.3 Å². The molecule has 3 aromatic carbocycles. The molecule has 0 unspecified atom stereocenters. The molecule has 4 aromatic rings. The van der Waals surface area contributed by atoms with Crippen LogP contribution in [0, 0.1) is 30.1 Å². The second-order valence-electron chi connectivity index (χ2n) is 17.0. The van der Waals surface area contributed by atoms with Crippen molar-refractivity contribution in [3.8, 4) is 28.7 Å². The molecule has 0 saturated heterocycles. The molecule has 0 fully saturated rings. The average molecular weight is 885 g/mol. The summed E-state index contributed by atoms with van der Waals surface area (Å²) >= 11 is 0. The van der Waals surface area contributed by atoms with Crippen LogP contribution in [0.5, 0.6) is 11.5 Å². The summed E-state index contributed by atoms with van der Waals surface area (Å²) in [5.74, 6) is -2.76. The van der Waals surface area contributed by atoms with Crippen molar-refractivity contribution in [3.05, 3.63) is 113 Å². The predicted octanol–water partition coefficient (Wildman–Crippen LogP) is 7.00. The lowest BCUT2D eigenvalue weighted by atomic mass is 9.87. The first-order valence-corrected chi connectivity index (χ1v) is 22.8. The normalized spacial score (nSPS) is 16.7. The van der Waals surface area contributed by atoms with Gasteiger partial charge in [0.25, 0.3) is 0 Å². The van der Waals surface area contributed by atoms with Gasteiger partial charge >= 0.3 is 0 Å². The fourth-order valence-corrected chi connectivity index (χ4v) is 8.46. The summed E-state index contributed by atoms with van der Waals surface area (Å²) in [6.45, 7) is 6.53. The van der Waals surface area contributed by atoms with Crippen molar-refractivity contribution in [2.24, 2.45) is 23.3 Å². The Labute approximate surface area is 383 Å². The Kier molecular flexibility index (Phi) is 18.9. The van der Waals surface area contributed by atoms with Crippen LogP contribution in [0.3, 0.4) is 0 Å². The molecule has 1 aliphatic rings. The summed E-state index contributed by atoms with van der Waals surface area (Å²) in [5, 5.41) is 12.1. The third-order valence-corrected chi connectivity index (χ3v) is 12.0. The van der Waals surface area contributed by atoms with Gasteiger partial charge < -0.3 is 31.2 Å². The number of pyridine rings is 1. The van der Waals surface area contributed by atoms with Crippen molar-refractivity contribution in [2.45, 2.75) is 103 Å². The molecule has 0 spiro atoms. The van der Waals surface area contributed by atoms with E-state index in [1.165, 1.54) is 16.9 Å². The van der Waals surface area contributed by atoms with E-state index >= 15 is 4.79 Å². The smallest absolute Gasteiger partial charge is 0.227 e. The molecule has 5 rings (SSSR count). The monoisotopic (exact) mass is 884 g/mol. The zero-order chi connectivity index (χ0) is 46.9. The average Bonchev–Trinajstić information content (AvgIpc) is 3.30. The van der Waals surface area contributed by atoms with Gasteiger partial charge in [-0.1, -0.05) is 63.4 Å². The number of nitrogens with one attached hydrogen (secondary N) is 1.